The molecule has 1 saturated heterocycles. The molecule has 0 bridgehead atoms. The molecule has 2 saturated carbocycles. The summed E-state index contributed by atoms with van der Waals surface area (Å²) in [6, 6.07) is 12.9. The van der Waals surface area contributed by atoms with Gasteiger partial charge in [-0.3, -0.25) is 4.79 Å². The van der Waals surface area contributed by atoms with Gasteiger partial charge in [0, 0.05) is 25.0 Å². The Balaban J connectivity index is 1.44. The number of nitrogens with zero attached hydrogens (tertiary/aromatic N) is 1. The Morgan fingerprint density at radius 3 is 2.40 bits per heavy atom. The molecule has 3 fully saturated rings. The summed E-state index contributed by atoms with van der Waals surface area (Å²) in [5, 5.41) is 3.03. The Kier molecular flexibility index (Phi) is 4.65. The molecule has 6 heteroatoms. The zero-order chi connectivity index (χ0) is 20.9. The molecule has 1 aliphatic heterocycles. The summed E-state index contributed by atoms with van der Waals surface area (Å²) in [5.41, 5.74) is 3.83. The highest BCUT2D eigenvalue weighted by molar-refractivity contribution is 7.90. The van der Waals surface area contributed by atoms with Gasteiger partial charge in [-0.2, -0.15) is 0 Å². The molecule has 2 aliphatic carbocycles. The predicted octanol–water partition coefficient (Wildman–Crippen LogP) is 4.60. The highest BCUT2D eigenvalue weighted by Gasteiger charge is 2.44. The quantitative estimate of drug-likeness (QED) is 0.762. The van der Waals surface area contributed by atoms with E-state index >= 15 is 0 Å². The van der Waals surface area contributed by atoms with Crippen molar-refractivity contribution in [1.82, 2.24) is 0 Å². The largest absolute Gasteiger partial charge is 0.371 e. The average molecular weight is 425 g/mol. The van der Waals surface area contributed by atoms with E-state index in [0.717, 1.165) is 37.3 Å². The predicted molar refractivity (Wildman–Crippen MR) is 119 cm³/mol. The van der Waals surface area contributed by atoms with Gasteiger partial charge in [-0.25, -0.2) is 8.42 Å². The van der Waals surface area contributed by atoms with Crippen LogP contribution in [0.3, 0.4) is 0 Å². The Morgan fingerprint density at radius 1 is 1.03 bits per heavy atom. The van der Waals surface area contributed by atoms with Crippen molar-refractivity contribution in [3.8, 4) is 0 Å². The molecule has 1 heterocycles. The Morgan fingerprint density at radius 2 is 1.77 bits per heavy atom. The van der Waals surface area contributed by atoms with E-state index in [4.69, 9.17) is 0 Å². The zero-order valence-electron chi connectivity index (χ0n) is 17.4. The molecular formula is C24H28N2O3S. The lowest BCUT2D eigenvalue weighted by Gasteiger charge is -2.35. The first-order chi connectivity index (χ1) is 14.3. The van der Waals surface area contributed by atoms with E-state index in [1.54, 1.807) is 18.2 Å². The number of piperidine rings is 1. The van der Waals surface area contributed by atoms with Gasteiger partial charge in [-0.1, -0.05) is 12.1 Å². The van der Waals surface area contributed by atoms with E-state index in [-0.39, 0.29) is 10.8 Å². The summed E-state index contributed by atoms with van der Waals surface area (Å²) >= 11 is 0. The van der Waals surface area contributed by atoms with Crippen LogP contribution in [0.1, 0.15) is 60.4 Å². The molecule has 30 heavy (non-hydrogen) atoms. The summed E-state index contributed by atoms with van der Waals surface area (Å²) in [4.78, 5) is 15.6. The second-order valence-electron chi connectivity index (χ2n) is 9.29. The van der Waals surface area contributed by atoms with Crippen LogP contribution in [0.2, 0.25) is 0 Å². The van der Waals surface area contributed by atoms with E-state index in [1.807, 2.05) is 12.1 Å². The molecule has 2 aromatic carbocycles. The number of anilines is 2. The lowest BCUT2D eigenvalue weighted by atomic mass is 9.93. The molecule has 3 aliphatic rings. The minimum Gasteiger partial charge on any atom is -0.371 e. The molecule has 158 valence electrons. The van der Waals surface area contributed by atoms with E-state index in [1.165, 1.54) is 37.5 Å². The maximum Gasteiger partial charge on any atom is 0.257 e. The van der Waals surface area contributed by atoms with E-state index in [0.29, 0.717) is 16.9 Å². The van der Waals surface area contributed by atoms with Gasteiger partial charge in [0.2, 0.25) is 0 Å². The molecule has 2 aromatic rings. The van der Waals surface area contributed by atoms with E-state index < -0.39 is 9.84 Å². The van der Waals surface area contributed by atoms with Crippen molar-refractivity contribution in [3.05, 3.63) is 53.6 Å². The van der Waals surface area contributed by atoms with Crippen molar-refractivity contribution in [2.75, 3.05) is 29.6 Å². The van der Waals surface area contributed by atoms with Crippen LogP contribution in [0.4, 0.5) is 11.4 Å². The summed E-state index contributed by atoms with van der Waals surface area (Å²) in [5.74, 6) is 0.430. The fraction of sp³-hybridized carbons (Fsp3) is 0.458. The third-order valence-electron chi connectivity index (χ3n) is 6.96. The maximum atomic E-state index is 13.2. The normalized spacial score (nSPS) is 20.2. The number of nitrogens with one attached hydrogen (secondary N) is 1. The standard InChI is InChI=1S/C24H28N2O3S/c1-30(28,29)20-7-8-21(22(16-20)26-13-11-24(9-10-24)12-14-26)23(27)25-19-4-2-3-18(15-19)17-5-6-17/h2-4,7-8,15-17H,5-6,9-14H2,1H3,(H,25,27). The van der Waals surface area contributed by atoms with Crippen LogP contribution in [0.5, 0.6) is 0 Å². The van der Waals surface area contributed by atoms with Gasteiger partial charge in [0.25, 0.3) is 5.91 Å². The molecule has 5 nitrogen and oxygen atoms in total. The van der Waals surface area contributed by atoms with Gasteiger partial charge in [0.05, 0.1) is 16.1 Å². The first-order valence-electron chi connectivity index (χ1n) is 10.8. The fourth-order valence-electron chi connectivity index (χ4n) is 4.58. The number of carbonyl (C=O) groups excluding carboxylic acids is 1. The van der Waals surface area contributed by atoms with E-state index in [2.05, 4.69) is 22.3 Å². The number of sulfone groups is 1. The number of amides is 1. The second-order valence-corrected chi connectivity index (χ2v) is 11.3. The second kappa shape index (κ2) is 7.12. The molecule has 0 radical (unpaired) electrons. The Hall–Kier alpha value is -2.34. The van der Waals surface area contributed by atoms with Gasteiger partial charge in [0.15, 0.2) is 9.84 Å². The van der Waals surface area contributed by atoms with Gasteiger partial charge >= 0.3 is 0 Å². The number of rotatable bonds is 5. The molecule has 5 rings (SSSR count). The zero-order valence-corrected chi connectivity index (χ0v) is 18.2. The SMILES string of the molecule is CS(=O)(=O)c1ccc(C(=O)Nc2cccc(C3CC3)c2)c(N2CCC3(CC2)CC3)c1. The molecule has 1 amide bonds. The van der Waals surface area contributed by atoms with Crippen molar-refractivity contribution >= 4 is 27.1 Å². The van der Waals surface area contributed by atoms with Crippen LogP contribution in [-0.4, -0.2) is 33.7 Å². The molecule has 0 aromatic heterocycles. The van der Waals surface area contributed by atoms with Crippen LogP contribution < -0.4 is 10.2 Å². The first-order valence-corrected chi connectivity index (χ1v) is 12.7. The minimum atomic E-state index is -3.34. The number of hydrogen-bond acceptors (Lipinski definition) is 4. The third kappa shape index (κ3) is 3.97. The Labute approximate surface area is 178 Å². The minimum absolute atomic E-state index is 0.190. The Bertz CT molecular complexity index is 1090. The number of carbonyl (C=O) groups is 1. The molecule has 1 spiro atoms. The van der Waals surface area contributed by atoms with Crippen molar-refractivity contribution in [2.45, 2.75) is 49.3 Å². The number of benzene rings is 2. The fourth-order valence-corrected chi connectivity index (χ4v) is 5.22. The average Bonchev–Trinajstić information content (AvgIpc) is 3.64. The lowest BCUT2D eigenvalue weighted by molar-refractivity contribution is 0.102. The van der Waals surface area contributed by atoms with Gasteiger partial charge in [-0.15, -0.1) is 0 Å². The number of hydrogen-bond donors (Lipinski definition) is 1. The van der Waals surface area contributed by atoms with Gasteiger partial charge in [0.1, 0.15) is 0 Å². The summed E-state index contributed by atoms with van der Waals surface area (Å²) in [7, 11) is -3.34. The van der Waals surface area contributed by atoms with E-state index in [9.17, 15) is 13.2 Å². The van der Waals surface area contributed by atoms with Crippen LogP contribution in [0.15, 0.2) is 47.4 Å². The van der Waals surface area contributed by atoms with Gasteiger partial charge in [-0.05, 0) is 85.8 Å². The van der Waals surface area contributed by atoms with Crippen LogP contribution in [0.25, 0.3) is 0 Å². The van der Waals surface area contributed by atoms with Crippen molar-refractivity contribution in [2.24, 2.45) is 5.41 Å². The molecule has 0 unspecified atom stereocenters. The third-order valence-corrected chi connectivity index (χ3v) is 8.07. The van der Waals surface area contributed by atoms with Crippen LogP contribution in [-0.2, 0) is 9.84 Å². The molecule has 0 atom stereocenters. The maximum absolute atomic E-state index is 13.2. The van der Waals surface area contributed by atoms with Crippen molar-refractivity contribution in [3.63, 3.8) is 0 Å². The van der Waals surface area contributed by atoms with Crippen LogP contribution in [0, 0.1) is 5.41 Å². The van der Waals surface area contributed by atoms with Crippen molar-refractivity contribution < 1.29 is 13.2 Å². The monoisotopic (exact) mass is 424 g/mol. The summed E-state index contributed by atoms with van der Waals surface area (Å²) in [6.07, 6.45) is 8.46. The van der Waals surface area contributed by atoms with Crippen molar-refractivity contribution in [1.29, 1.82) is 0 Å². The van der Waals surface area contributed by atoms with Gasteiger partial charge < -0.3 is 10.2 Å². The topological polar surface area (TPSA) is 66.5 Å². The smallest absolute Gasteiger partial charge is 0.257 e. The molecular weight excluding hydrogens is 396 g/mol. The summed E-state index contributed by atoms with van der Waals surface area (Å²) in [6.45, 7) is 1.73. The lowest BCUT2D eigenvalue weighted by Crippen LogP contribution is -2.35. The highest BCUT2D eigenvalue weighted by atomic mass is 32.2. The summed E-state index contributed by atoms with van der Waals surface area (Å²) < 4.78 is 24.3. The first kappa shape index (κ1) is 19.6. The van der Waals surface area contributed by atoms with Crippen LogP contribution >= 0.6 is 0 Å². The molecule has 1 N–H and O–H groups in total. The highest BCUT2D eigenvalue weighted by Crippen LogP contribution is 2.54.